The molecule has 5 rings (SSSR count). The highest BCUT2D eigenvalue weighted by atomic mass is 127. The molecule has 3 aromatic rings. The number of nitrogens with zero attached hydrogens (tertiary/aromatic N) is 3. The Morgan fingerprint density at radius 3 is 2.62 bits per heavy atom. The number of amides is 1. The number of ether oxygens (including phenoxy) is 2. The first-order valence-electron chi connectivity index (χ1n) is 10.5. The molecule has 0 radical (unpaired) electrons. The molecule has 0 bridgehead atoms. The number of carbonyl (C=O) groups is 1. The van der Waals surface area contributed by atoms with Crippen molar-refractivity contribution in [2.45, 2.75) is 19.4 Å². The fourth-order valence-electron chi connectivity index (χ4n) is 4.28. The van der Waals surface area contributed by atoms with Gasteiger partial charge in [-0.3, -0.25) is 9.89 Å². The van der Waals surface area contributed by atoms with Crippen LogP contribution in [0.1, 0.15) is 29.9 Å². The first kappa shape index (κ1) is 25.5. The second-order valence-electron chi connectivity index (χ2n) is 8.35. The van der Waals surface area contributed by atoms with Gasteiger partial charge in [0.25, 0.3) is 5.91 Å². The molecule has 1 amide bonds. The highest BCUT2D eigenvalue weighted by Gasteiger charge is 2.41. The van der Waals surface area contributed by atoms with Crippen LogP contribution < -0.4 is 9.75 Å². The average Bonchev–Trinajstić information content (AvgIpc) is 3.22. The van der Waals surface area contributed by atoms with Gasteiger partial charge in [-0.25, -0.2) is 10.0 Å². The number of benzene rings is 2. The van der Waals surface area contributed by atoms with E-state index in [0.29, 0.717) is 59.0 Å². The quantitative estimate of drug-likeness (QED) is 0.362. The van der Waals surface area contributed by atoms with E-state index >= 15 is 0 Å². The molecule has 1 aromatic heterocycles. The fourth-order valence-corrected chi connectivity index (χ4v) is 5.23. The number of halogens is 4. The summed E-state index contributed by atoms with van der Waals surface area (Å²) in [5.41, 5.74) is 2.40. The predicted octanol–water partition coefficient (Wildman–Crippen LogP) is 5.93. The minimum absolute atomic E-state index is 0. The summed E-state index contributed by atoms with van der Waals surface area (Å²) < 4.78 is 12.9. The van der Waals surface area contributed by atoms with E-state index in [1.807, 2.05) is 37.1 Å². The van der Waals surface area contributed by atoms with Crippen LogP contribution in [-0.2, 0) is 10.3 Å². The molecule has 2 aliphatic rings. The van der Waals surface area contributed by atoms with Crippen LogP contribution in [0.4, 0.5) is 5.69 Å². The number of morpholine rings is 1. The van der Waals surface area contributed by atoms with E-state index in [-0.39, 0.29) is 18.3 Å². The number of rotatable bonds is 3. The summed E-state index contributed by atoms with van der Waals surface area (Å²) in [5.74, 6) is 0.469. The van der Waals surface area contributed by atoms with Crippen LogP contribution in [-0.4, -0.2) is 47.4 Å². The monoisotopic (exact) mass is 634 g/mol. The Kier molecular flexibility index (Phi) is 7.38. The number of hydrogen-bond donors (Lipinski definition) is 1. The van der Waals surface area contributed by atoms with E-state index in [2.05, 4.69) is 32.8 Å². The molecule has 180 valence electrons. The number of aromatic amines is 1. The van der Waals surface area contributed by atoms with Gasteiger partial charge in [-0.2, -0.15) is 5.10 Å². The van der Waals surface area contributed by atoms with Crippen LogP contribution in [0.3, 0.4) is 0 Å². The SMILES string of the molecule is CC1(C)Oc2cc(I)ccc2-c2n[nH]c(C(=O)N(c3ccc(Cl)cc3Cl)N3CCOCC3)c21.Cl. The number of nitrogens with one attached hydrogen (secondary N) is 1. The lowest BCUT2D eigenvalue weighted by atomic mass is 9.89. The first-order chi connectivity index (χ1) is 15.8. The van der Waals surface area contributed by atoms with E-state index < -0.39 is 5.60 Å². The maximum atomic E-state index is 14.1. The van der Waals surface area contributed by atoms with Crippen LogP contribution in [0.5, 0.6) is 5.75 Å². The zero-order chi connectivity index (χ0) is 23.3. The topological polar surface area (TPSA) is 70.7 Å². The molecule has 0 unspecified atom stereocenters. The number of carbonyl (C=O) groups excluding carboxylic acids is 1. The van der Waals surface area contributed by atoms with Crippen molar-refractivity contribution in [2.75, 3.05) is 31.3 Å². The molecule has 0 saturated carbocycles. The van der Waals surface area contributed by atoms with Crippen molar-refractivity contribution < 1.29 is 14.3 Å². The Hall–Kier alpha value is -1.56. The Bertz CT molecular complexity index is 1240. The third-order valence-electron chi connectivity index (χ3n) is 5.75. The summed E-state index contributed by atoms with van der Waals surface area (Å²) in [6.07, 6.45) is 0. The summed E-state index contributed by atoms with van der Waals surface area (Å²) in [7, 11) is 0. The maximum Gasteiger partial charge on any atom is 0.291 e. The molecule has 7 nitrogen and oxygen atoms in total. The third kappa shape index (κ3) is 4.52. The molecular weight excluding hydrogens is 614 g/mol. The molecule has 3 heterocycles. The van der Waals surface area contributed by atoms with E-state index in [4.69, 9.17) is 32.7 Å². The molecule has 0 aliphatic carbocycles. The van der Waals surface area contributed by atoms with Crippen LogP contribution in [0.2, 0.25) is 10.0 Å². The second-order valence-corrected chi connectivity index (χ2v) is 10.4. The summed E-state index contributed by atoms with van der Waals surface area (Å²) >= 11 is 14.9. The smallest absolute Gasteiger partial charge is 0.291 e. The molecule has 1 N–H and O–H groups in total. The molecular formula is C23H22Cl3IN4O3. The van der Waals surface area contributed by atoms with Gasteiger partial charge in [-0.05, 0) is 72.8 Å². The highest BCUT2D eigenvalue weighted by Crippen LogP contribution is 2.46. The molecule has 2 aromatic carbocycles. The van der Waals surface area contributed by atoms with Gasteiger partial charge in [0.15, 0.2) is 0 Å². The molecule has 0 spiro atoms. The molecule has 2 aliphatic heterocycles. The molecule has 0 atom stereocenters. The normalized spacial score (nSPS) is 16.6. The minimum atomic E-state index is -0.773. The van der Waals surface area contributed by atoms with Crippen molar-refractivity contribution in [3.63, 3.8) is 0 Å². The number of hydrogen-bond acceptors (Lipinski definition) is 5. The lowest BCUT2D eigenvalue weighted by Gasteiger charge is -2.38. The summed E-state index contributed by atoms with van der Waals surface area (Å²) in [6, 6.07) is 11.0. The van der Waals surface area contributed by atoms with Crippen molar-refractivity contribution in [3.8, 4) is 17.0 Å². The molecule has 11 heteroatoms. The van der Waals surface area contributed by atoms with Gasteiger partial charge in [0.05, 0.1) is 29.5 Å². The summed E-state index contributed by atoms with van der Waals surface area (Å²) in [5, 5.41) is 11.9. The molecule has 1 saturated heterocycles. The van der Waals surface area contributed by atoms with Crippen molar-refractivity contribution in [1.29, 1.82) is 0 Å². The highest BCUT2D eigenvalue weighted by molar-refractivity contribution is 14.1. The number of hydrazine groups is 1. The molecule has 1 fully saturated rings. The average molecular weight is 636 g/mol. The van der Waals surface area contributed by atoms with E-state index in [0.717, 1.165) is 14.9 Å². The van der Waals surface area contributed by atoms with Gasteiger partial charge in [-0.15, -0.1) is 12.4 Å². The fraction of sp³-hybridized carbons (Fsp3) is 0.304. The standard InChI is InChI=1S/C23H21Cl2IN4O3.ClH/c1-23(2)19-20(15-5-4-14(26)12-18(15)33-23)27-28-21(19)22(31)30(29-7-9-32-10-8-29)17-6-3-13(24)11-16(17)25;/h3-6,11-12H,7-10H2,1-2H3,(H,27,28);1H. The lowest BCUT2D eigenvalue weighted by Crippen LogP contribution is -2.52. The lowest BCUT2D eigenvalue weighted by molar-refractivity contribution is 0.0296. The van der Waals surface area contributed by atoms with Gasteiger partial charge in [0.2, 0.25) is 0 Å². The van der Waals surface area contributed by atoms with Crippen LogP contribution in [0.25, 0.3) is 11.3 Å². The number of aromatic nitrogens is 2. The zero-order valence-electron chi connectivity index (χ0n) is 18.4. The van der Waals surface area contributed by atoms with Gasteiger partial charge in [-0.1, -0.05) is 23.2 Å². The third-order valence-corrected chi connectivity index (χ3v) is 6.96. The van der Waals surface area contributed by atoms with Gasteiger partial charge < -0.3 is 9.47 Å². The number of fused-ring (bicyclic) bond motifs is 3. The Labute approximate surface area is 227 Å². The Balaban J connectivity index is 0.00000274. The summed E-state index contributed by atoms with van der Waals surface area (Å²) in [6.45, 7) is 5.99. The predicted molar refractivity (Wildman–Crippen MR) is 143 cm³/mol. The zero-order valence-corrected chi connectivity index (χ0v) is 22.9. The molecule has 34 heavy (non-hydrogen) atoms. The number of H-pyrrole nitrogens is 1. The van der Waals surface area contributed by atoms with Crippen LogP contribution in [0.15, 0.2) is 36.4 Å². The van der Waals surface area contributed by atoms with Gasteiger partial charge in [0, 0.05) is 27.2 Å². The van der Waals surface area contributed by atoms with Crippen molar-refractivity contribution in [2.24, 2.45) is 0 Å². The maximum absolute atomic E-state index is 14.1. The van der Waals surface area contributed by atoms with E-state index in [1.54, 1.807) is 23.2 Å². The number of anilines is 1. The first-order valence-corrected chi connectivity index (χ1v) is 12.3. The van der Waals surface area contributed by atoms with Crippen LogP contribution >= 0.6 is 58.2 Å². The van der Waals surface area contributed by atoms with Gasteiger partial charge in [0.1, 0.15) is 22.7 Å². The van der Waals surface area contributed by atoms with Crippen LogP contribution in [0, 0.1) is 3.57 Å². The minimum Gasteiger partial charge on any atom is -0.482 e. The van der Waals surface area contributed by atoms with E-state index in [1.165, 1.54) is 0 Å². The van der Waals surface area contributed by atoms with Gasteiger partial charge >= 0.3 is 0 Å². The second kappa shape index (κ2) is 9.83. The van der Waals surface area contributed by atoms with E-state index in [9.17, 15) is 4.79 Å². The summed E-state index contributed by atoms with van der Waals surface area (Å²) in [4.78, 5) is 14.1. The van der Waals surface area contributed by atoms with Crippen molar-refractivity contribution >= 4 is 69.8 Å². The Morgan fingerprint density at radius 2 is 1.91 bits per heavy atom. The van der Waals surface area contributed by atoms with Crippen molar-refractivity contribution in [1.82, 2.24) is 15.2 Å². The Morgan fingerprint density at radius 1 is 1.18 bits per heavy atom. The van der Waals surface area contributed by atoms with Crippen molar-refractivity contribution in [3.05, 3.63) is 61.3 Å². The largest absolute Gasteiger partial charge is 0.482 e.